The number of hydrogen-bond donors (Lipinski definition) is 5. The number of carbonyl (C=O) groups is 2. The van der Waals surface area contributed by atoms with Gasteiger partial charge < -0.3 is 31.1 Å². The van der Waals surface area contributed by atoms with Crippen LogP contribution in [0.25, 0.3) is 0 Å². The van der Waals surface area contributed by atoms with Crippen LogP contribution < -0.4 is 11.1 Å². The third kappa shape index (κ3) is 5.53. The molecule has 22 heavy (non-hydrogen) atoms. The lowest BCUT2D eigenvalue weighted by atomic mass is 10.1. The summed E-state index contributed by atoms with van der Waals surface area (Å²) < 4.78 is 4.59. The van der Waals surface area contributed by atoms with Crippen molar-refractivity contribution in [2.75, 3.05) is 13.1 Å². The Morgan fingerprint density at radius 2 is 1.77 bits per heavy atom. The first-order valence-electron chi connectivity index (χ1n) is 7.71. The number of aliphatic hydroxyl groups excluding tert-OH is 3. The van der Waals surface area contributed by atoms with E-state index in [9.17, 15) is 24.9 Å². The normalized spacial score (nSPS) is 25.8. The molecule has 1 saturated heterocycles. The van der Waals surface area contributed by atoms with E-state index in [0.717, 1.165) is 38.5 Å². The van der Waals surface area contributed by atoms with Gasteiger partial charge in [-0.3, -0.25) is 4.79 Å². The zero-order valence-electron chi connectivity index (χ0n) is 12.6. The second kappa shape index (κ2) is 9.73. The zero-order chi connectivity index (χ0) is 16.5. The van der Waals surface area contributed by atoms with Crippen LogP contribution in [-0.4, -0.2) is 64.7 Å². The molecule has 0 saturated carbocycles. The van der Waals surface area contributed by atoms with Gasteiger partial charge in [0.1, 0.15) is 6.10 Å². The number of hydrogen-bond acceptors (Lipinski definition) is 7. The van der Waals surface area contributed by atoms with Gasteiger partial charge >= 0.3 is 5.97 Å². The standard InChI is InChI=1S/C14H26N2O6/c15-7-5-3-1-2-4-6-8-16-13(20)11(19)12-9(17)10(18)14(21)22-12/h9-12,17-19H,1-8,15H2,(H,16,20)/t9-,10-,11+,12+/m1/s1. The summed E-state index contributed by atoms with van der Waals surface area (Å²) in [6.45, 7) is 1.10. The lowest BCUT2D eigenvalue weighted by Crippen LogP contribution is -2.47. The van der Waals surface area contributed by atoms with Crippen LogP contribution in [0.15, 0.2) is 0 Å². The number of rotatable bonds is 10. The second-order valence-electron chi connectivity index (χ2n) is 5.48. The Hall–Kier alpha value is -1.22. The van der Waals surface area contributed by atoms with E-state index in [1.165, 1.54) is 0 Å². The van der Waals surface area contributed by atoms with E-state index < -0.39 is 36.3 Å². The maximum atomic E-state index is 11.7. The molecule has 0 aromatic heterocycles. The summed E-state index contributed by atoms with van der Waals surface area (Å²) in [5.74, 6) is -1.77. The second-order valence-corrected chi connectivity index (χ2v) is 5.48. The van der Waals surface area contributed by atoms with Crippen LogP contribution in [0, 0.1) is 0 Å². The molecule has 8 nitrogen and oxygen atoms in total. The van der Waals surface area contributed by atoms with Gasteiger partial charge in [0.15, 0.2) is 18.3 Å². The molecular weight excluding hydrogens is 292 g/mol. The van der Waals surface area contributed by atoms with E-state index in [-0.39, 0.29) is 0 Å². The molecule has 0 aromatic rings. The maximum absolute atomic E-state index is 11.7. The summed E-state index contributed by atoms with van der Waals surface area (Å²) in [5, 5.41) is 31.0. The van der Waals surface area contributed by atoms with Crippen LogP contribution in [-0.2, 0) is 14.3 Å². The van der Waals surface area contributed by atoms with Crippen molar-refractivity contribution in [3.05, 3.63) is 0 Å². The van der Waals surface area contributed by atoms with Crippen molar-refractivity contribution in [2.45, 2.75) is 62.9 Å². The Kier molecular flexibility index (Phi) is 8.32. The maximum Gasteiger partial charge on any atom is 0.338 e. The minimum absolute atomic E-state index is 0.395. The molecule has 1 aliphatic heterocycles. The Morgan fingerprint density at radius 3 is 2.32 bits per heavy atom. The molecule has 0 radical (unpaired) electrons. The van der Waals surface area contributed by atoms with Crippen LogP contribution in [0.5, 0.6) is 0 Å². The first kappa shape index (κ1) is 18.8. The summed E-state index contributed by atoms with van der Waals surface area (Å²) >= 11 is 0. The molecule has 0 aliphatic carbocycles. The number of aliphatic hydroxyl groups is 3. The van der Waals surface area contributed by atoms with Gasteiger partial charge in [-0.15, -0.1) is 0 Å². The number of nitrogens with one attached hydrogen (secondary N) is 1. The van der Waals surface area contributed by atoms with E-state index >= 15 is 0 Å². The molecule has 0 bridgehead atoms. The van der Waals surface area contributed by atoms with Gasteiger partial charge in [0, 0.05) is 6.54 Å². The highest BCUT2D eigenvalue weighted by Gasteiger charge is 2.48. The number of ether oxygens (including phenoxy) is 1. The minimum Gasteiger partial charge on any atom is -0.454 e. The van der Waals surface area contributed by atoms with Crippen molar-refractivity contribution >= 4 is 11.9 Å². The van der Waals surface area contributed by atoms with Crippen LogP contribution in [0.3, 0.4) is 0 Å². The zero-order valence-corrected chi connectivity index (χ0v) is 12.6. The molecule has 8 heteroatoms. The van der Waals surface area contributed by atoms with Crippen molar-refractivity contribution in [2.24, 2.45) is 5.73 Å². The summed E-state index contributed by atoms with van der Waals surface area (Å²) in [4.78, 5) is 22.8. The lowest BCUT2D eigenvalue weighted by Gasteiger charge is -2.19. The Bertz CT molecular complexity index is 365. The van der Waals surface area contributed by atoms with Crippen molar-refractivity contribution < 1.29 is 29.6 Å². The summed E-state index contributed by atoms with van der Waals surface area (Å²) in [6.07, 6.45) is -0.417. The molecule has 1 heterocycles. The number of carbonyl (C=O) groups excluding carboxylic acids is 2. The third-order valence-electron chi connectivity index (χ3n) is 3.66. The molecule has 1 aliphatic rings. The number of cyclic esters (lactones) is 1. The Labute approximate surface area is 129 Å². The largest absolute Gasteiger partial charge is 0.454 e. The number of nitrogens with two attached hydrogens (primary N) is 1. The first-order valence-corrected chi connectivity index (χ1v) is 7.71. The monoisotopic (exact) mass is 318 g/mol. The van der Waals surface area contributed by atoms with Gasteiger partial charge in [0.25, 0.3) is 5.91 Å². The van der Waals surface area contributed by atoms with Crippen molar-refractivity contribution in [3.8, 4) is 0 Å². The predicted octanol–water partition coefficient (Wildman–Crippen LogP) is -1.59. The summed E-state index contributed by atoms with van der Waals surface area (Å²) in [7, 11) is 0. The number of amides is 1. The van der Waals surface area contributed by atoms with Crippen LogP contribution >= 0.6 is 0 Å². The fraction of sp³-hybridized carbons (Fsp3) is 0.857. The summed E-state index contributed by atoms with van der Waals surface area (Å²) in [6, 6.07) is 0. The van der Waals surface area contributed by atoms with E-state index in [2.05, 4.69) is 10.1 Å². The highest BCUT2D eigenvalue weighted by Crippen LogP contribution is 2.19. The molecule has 4 atom stereocenters. The van der Waals surface area contributed by atoms with E-state index in [1.807, 2.05) is 0 Å². The van der Waals surface area contributed by atoms with E-state index in [4.69, 9.17) is 5.73 Å². The van der Waals surface area contributed by atoms with Crippen molar-refractivity contribution in [1.82, 2.24) is 5.32 Å². The van der Waals surface area contributed by atoms with E-state index in [1.54, 1.807) is 0 Å². The average Bonchev–Trinajstić information content (AvgIpc) is 2.76. The molecule has 1 amide bonds. The SMILES string of the molecule is NCCCCCCCCNC(=O)[C@@H](O)[C@H]1OC(=O)[C@H](O)[C@H]1O. The number of esters is 1. The Morgan fingerprint density at radius 1 is 1.18 bits per heavy atom. The molecule has 0 spiro atoms. The quantitative estimate of drug-likeness (QED) is 0.241. The average molecular weight is 318 g/mol. The van der Waals surface area contributed by atoms with Crippen LogP contribution in [0.1, 0.15) is 38.5 Å². The highest BCUT2D eigenvalue weighted by molar-refractivity contribution is 5.84. The molecule has 128 valence electrons. The number of unbranched alkanes of at least 4 members (excludes halogenated alkanes) is 5. The van der Waals surface area contributed by atoms with Gasteiger partial charge in [-0.2, -0.15) is 0 Å². The highest BCUT2D eigenvalue weighted by atomic mass is 16.6. The molecular formula is C14H26N2O6. The summed E-state index contributed by atoms with van der Waals surface area (Å²) in [5.41, 5.74) is 5.40. The Balaban J connectivity index is 2.16. The smallest absolute Gasteiger partial charge is 0.338 e. The van der Waals surface area contributed by atoms with Gasteiger partial charge in [-0.25, -0.2) is 4.79 Å². The predicted molar refractivity (Wildman–Crippen MR) is 77.7 cm³/mol. The molecule has 1 rings (SSSR count). The van der Waals surface area contributed by atoms with Crippen molar-refractivity contribution in [3.63, 3.8) is 0 Å². The van der Waals surface area contributed by atoms with Crippen LogP contribution in [0.4, 0.5) is 0 Å². The fourth-order valence-electron chi connectivity index (χ4n) is 2.29. The fourth-order valence-corrected chi connectivity index (χ4v) is 2.29. The van der Waals surface area contributed by atoms with Gasteiger partial charge in [0.2, 0.25) is 0 Å². The minimum atomic E-state index is -1.72. The molecule has 6 N–H and O–H groups in total. The van der Waals surface area contributed by atoms with Gasteiger partial charge in [-0.1, -0.05) is 25.7 Å². The topological polar surface area (TPSA) is 142 Å². The van der Waals surface area contributed by atoms with E-state index in [0.29, 0.717) is 13.1 Å². The molecule has 0 aromatic carbocycles. The lowest BCUT2D eigenvalue weighted by molar-refractivity contribution is -0.153. The molecule has 0 unspecified atom stereocenters. The van der Waals surface area contributed by atoms with Crippen molar-refractivity contribution in [1.29, 1.82) is 0 Å². The van der Waals surface area contributed by atoms with Gasteiger partial charge in [0.05, 0.1) is 0 Å². The van der Waals surface area contributed by atoms with Gasteiger partial charge in [-0.05, 0) is 19.4 Å². The first-order chi connectivity index (χ1) is 10.5. The molecule has 1 fully saturated rings. The van der Waals surface area contributed by atoms with Crippen LogP contribution in [0.2, 0.25) is 0 Å². The third-order valence-corrected chi connectivity index (χ3v) is 3.66.